The smallest absolute Gasteiger partial charge is 0.162 e. The summed E-state index contributed by atoms with van der Waals surface area (Å²) >= 11 is 1.86. The van der Waals surface area contributed by atoms with E-state index in [4.69, 9.17) is 9.97 Å². The van der Waals surface area contributed by atoms with Crippen LogP contribution in [0, 0.1) is 0 Å². The number of aromatic nitrogens is 4. The van der Waals surface area contributed by atoms with Crippen molar-refractivity contribution < 1.29 is 0 Å². The maximum atomic E-state index is 5.24. The molecule has 0 amide bonds. The van der Waals surface area contributed by atoms with Crippen LogP contribution in [0.1, 0.15) is 0 Å². The van der Waals surface area contributed by atoms with Gasteiger partial charge in [0.05, 0.1) is 27.8 Å². The molecule has 266 valence electrons. The monoisotopic (exact) mass is 744 g/mol. The lowest BCUT2D eigenvalue weighted by Crippen LogP contribution is -2.02. The van der Waals surface area contributed by atoms with Crippen LogP contribution in [-0.4, -0.2) is 19.1 Å². The van der Waals surface area contributed by atoms with Crippen LogP contribution in [0.25, 0.3) is 109 Å². The first kappa shape index (κ1) is 32.0. The molecule has 5 heteroatoms. The predicted molar refractivity (Wildman–Crippen MR) is 240 cm³/mol. The molecule has 0 atom stereocenters. The van der Waals surface area contributed by atoms with E-state index in [1.54, 1.807) is 0 Å². The quantitative estimate of drug-likeness (QED) is 0.176. The van der Waals surface area contributed by atoms with Crippen LogP contribution in [0.3, 0.4) is 0 Å². The highest BCUT2D eigenvalue weighted by Gasteiger charge is 2.20. The van der Waals surface area contributed by atoms with Gasteiger partial charge in [-0.1, -0.05) is 133 Å². The number of thiophene rings is 1. The van der Waals surface area contributed by atoms with Crippen LogP contribution in [0.4, 0.5) is 0 Å². The third-order valence-corrected chi connectivity index (χ3v) is 12.5. The molecule has 0 bridgehead atoms. The summed E-state index contributed by atoms with van der Waals surface area (Å²) in [7, 11) is 0. The van der Waals surface area contributed by atoms with E-state index in [0.29, 0.717) is 5.82 Å². The van der Waals surface area contributed by atoms with E-state index in [0.717, 1.165) is 33.7 Å². The van der Waals surface area contributed by atoms with Crippen molar-refractivity contribution in [3.8, 4) is 45.3 Å². The highest BCUT2D eigenvalue weighted by Crippen LogP contribution is 2.42. The van der Waals surface area contributed by atoms with Crippen LogP contribution in [0.15, 0.2) is 194 Å². The van der Waals surface area contributed by atoms with Gasteiger partial charge in [-0.2, -0.15) is 0 Å². The van der Waals surface area contributed by atoms with Gasteiger partial charge >= 0.3 is 0 Å². The molecule has 0 unspecified atom stereocenters. The third-order valence-electron chi connectivity index (χ3n) is 11.3. The van der Waals surface area contributed by atoms with E-state index in [2.05, 4.69) is 179 Å². The number of para-hydroxylation sites is 2. The first-order valence-corrected chi connectivity index (χ1v) is 20.1. The Morgan fingerprint density at radius 2 is 1.02 bits per heavy atom. The van der Waals surface area contributed by atoms with Gasteiger partial charge < -0.3 is 4.57 Å². The Morgan fingerprint density at radius 3 is 1.84 bits per heavy atom. The highest BCUT2D eigenvalue weighted by atomic mass is 32.1. The molecular weight excluding hydrogens is 713 g/mol. The van der Waals surface area contributed by atoms with Gasteiger partial charge in [-0.3, -0.25) is 4.57 Å². The van der Waals surface area contributed by atoms with Crippen molar-refractivity contribution in [1.82, 2.24) is 19.1 Å². The topological polar surface area (TPSA) is 35.6 Å². The normalized spacial score (nSPS) is 11.9. The van der Waals surface area contributed by atoms with E-state index in [-0.39, 0.29) is 0 Å². The molecule has 0 spiro atoms. The van der Waals surface area contributed by atoms with Crippen molar-refractivity contribution in [3.05, 3.63) is 194 Å². The number of hydrogen-bond acceptors (Lipinski definition) is 3. The van der Waals surface area contributed by atoms with E-state index in [1.165, 1.54) is 69.6 Å². The first-order chi connectivity index (χ1) is 28.3. The SMILES string of the molecule is c1ccc(-c2cc(-n3c4ccccc4c4cc(-c5cccc6c5c5ccccc5n6-c5ccc6sc7ccccc7c6c5)ccc43)nc(-c3ccccc3)n2)cc1. The second-order valence-corrected chi connectivity index (χ2v) is 15.7. The minimum Gasteiger partial charge on any atom is -0.309 e. The van der Waals surface area contributed by atoms with Crippen LogP contribution >= 0.6 is 11.3 Å². The summed E-state index contributed by atoms with van der Waals surface area (Å²) in [6, 6.07) is 69.6. The molecule has 0 aliphatic rings. The predicted octanol–water partition coefficient (Wildman–Crippen LogP) is 14.0. The average Bonchev–Trinajstić information content (AvgIpc) is 3.94. The molecule has 8 aromatic carbocycles. The maximum absolute atomic E-state index is 5.24. The van der Waals surface area contributed by atoms with E-state index >= 15 is 0 Å². The summed E-state index contributed by atoms with van der Waals surface area (Å²) < 4.78 is 7.36. The van der Waals surface area contributed by atoms with Crippen molar-refractivity contribution in [3.63, 3.8) is 0 Å². The van der Waals surface area contributed by atoms with Crippen LogP contribution in [0.5, 0.6) is 0 Å². The number of benzene rings is 8. The lowest BCUT2D eigenvalue weighted by molar-refractivity contribution is 1.05. The minimum absolute atomic E-state index is 0.698. The standard InChI is InChI=1S/C52H32N4S/c1-3-14-33(15-4-1)43-32-50(54-52(53-43)34-16-5-2-6-17-34)56-44-22-10-7-18-38(44)41-30-35(26-28-46(41)56)37-21-13-24-47-51(37)40-20-8-11-23-45(40)55(47)36-27-29-49-42(31-36)39-19-9-12-25-48(39)57-49/h1-32H. The Kier molecular flexibility index (Phi) is 7.06. The lowest BCUT2D eigenvalue weighted by atomic mass is 9.98. The molecule has 4 heterocycles. The van der Waals surface area contributed by atoms with Crippen LogP contribution < -0.4 is 0 Å². The Hall–Kier alpha value is -7.34. The molecule has 0 N–H and O–H groups in total. The number of rotatable bonds is 5. The third kappa shape index (κ3) is 4.99. The Morgan fingerprint density at radius 1 is 0.368 bits per heavy atom. The molecule has 0 aliphatic carbocycles. The summed E-state index contributed by atoms with van der Waals surface area (Å²) in [5, 5.41) is 7.46. The number of nitrogens with zero attached hydrogens (tertiary/aromatic N) is 4. The molecule has 0 radical (unpaired) electrons. The first-order valence-electron chi connectivity index (χ1n) is 19.2. The summed E-state index contributed by atoms with van der Waals surface area (Å²) in [6.45, 7) is 0. The van der Waals surface area contributed by atoms with Crippen molar-refractivity contribution in [2.75, 3.05) is 0 Å². The van der Waals surface area contributed by atoms with Gasteiger partial charge in [0.25, 0.3) is 0 Å². The van der Waals surface area contributed by atoms with E-state index < -0.39 is 0 Å². The number of hydrogen-bond donors (Lipinski definition) is 0. The zero-order valence-electron chi connectivity index (χ0n) is 30.7. The summed E-state index contributed by atoms with van der Waals surface area (Å²) in [4.78, 5) is 10.3. The molecule has 0 aliphatic heterocycles. The fourth-order valence-corrected chi connectivity index (χ4v) is 9.89. The fraction of sp³-hybridized carbons (Fsp3) is 0. The van der Waals surface area contributed by atoms with Gasteiger partial charge in [0, 0.05) is 64.6 Å². The molecule has 4 nitrogen and oxygen atoms in total. The van der Waals surface area contributed by atoms with E-state index in [9.17, 15) is 0 Å². The second-order valence-electron chi connectivity index (χ2n) is 14.6. The van der Waals surface area contributed by atoms with Crippen LogP contribution in [0.2, 0.25) is 0 Å². The van der Waals surface area contributed by atoms with Crippen molar-refractivity contribution in [2.24, 2.45) is 0 Å². The minimum atomic E-state index is 0.698. The molecule has 12 rings (SSSR count). The van der Waals surface area contributed by atoms with Gasteiger partial charge in [-0.15, -0.1) is 11.3 Å². The van der Waals surface area contributed by atoms with Gasteiger partial charge in [-0.25, -0.2) is 9.97 Å². The molecule has 12 aromatic rings. The molecule has 0 saturated carbocycles. The summed E-state index contributed by atoms with van der Waals surface area (Å²) in [5.74, 6) is 1.53. The molecular formula is C52H32N4S. The zero-order valence-corrected chi connectivity index (χ0v) is 31.5. The van der Waals surface area contributed by atoms with Crippen molar-refractivity contribution in [1.29, 1.82) is 0 Å². The zero-order chi connectivity index (χ0) is 37.5. The Balaban J connectivity index is 1.07. The van der Waals surface area contributed by atoms with Gasteiger partial charge in [0.2, 0.25) is 0 Å². The maximum Gasteiger partial charge on any atom is 0.162 e. The van der Waals surface area contributed by atoms with Crippen molar-refractivity contribution >= 4 is 75.1 Å². The molecule has 0 saturated heterocycles. The lowest BCUT2D eigenvalue weighted by Gasteiger charge is -2.12. The molecule has 4 aromatic heterocycles. The summed E-state index contributed by atoms with van der Waals surface area (Å²) in [6.07, 6.45) is 0. The van der Waals surface area contributed by atoms with E-state index in [1.807, 2.05) is 35.6 Å². The summed E-state index contributed by atoms with van der Waals surface area (Å²) in [5.41, 5.74) is 11.1. The largest absolute Gasteiger partial charge is 0.309 e. The fourth-order valence-electron chi connectivity index (χ4n) is 8.80. The highest BCUT2D eigenvalue weighted by molar-refractivity contribution is 7.25. The average molecular weight is 745 g/mol. The van der Waals surface area contributed by atoms with Gasteiger partial charge in [0.1, 0.15) is 5.82 Å². The molecule has 0 fully saturated rings. The van der Waals surface area contributed by atoms with Crippen molar-refractivity contribution in [2.45, 2.75) is 0 Å². The van der Waals surface area contributed by atoms with Gasteiger partial charge in [-0.05, 0) is 65.7 Å². The molecule has 57 heavy (non-hydrogen) atoms. The number of fused-ring (bicyclic) bond motifs is 9. The van der Waals surface area contributed by atoms with Gasteiger partial charge in [0.15, 0.2) is 5.82 Å². The Bertz CT molecular complexity index is 3460. The second kappa shape index (κ2) is 12.6. The Labute approximate surface area is 332 Å². The van der Waals surface area contributed by atoms with Crippen LogP contribution in [-0.2, 0) is 0 Å².